The van der Waals surface area contributed by atoms with E-state index in [9.17, 15) is 4.79 Å². The van der Waals surface area contributed by atoms with Gasteiger partial charge in [-0.2, -0.15) is 0 Å². The molecule has 1 fully saturated rings. The van der Waals surface area contributed by atoms with E-state index in [0.29, 0.717) is 17.1 Å². The molecule has 4 nitrogen and oxygen atoms in total. The van der Waals surface area contributed by atoms with E-state index in [2.05, 4.69) is 18.9 Å². The van der Waals surface area contributed by atoms with Gasteiger partial charge in [0.25, 0.3) is 0 Å². The Balaban J connectivity index is 2.18. The highest BCUT2D eigenvalue weighted by Crippen LogP contribution is 2.34. The zero-order valence-corrected chi connectivity index (χ0v) is 12.7. The van der Waals surface area contributed by atoms with Crippen molar-refractivity contribution in [3.8, 4) is 11.5 Å². The predicted octanol–water partition coefficient (Wildman–Crippen LogP) is 2.76. The molecule has 1 aromatic rings. The number of ketones is 1. The molecular formula is C16H23NO3. The number of rotatable bonds is 4. The van der Waals surface area contributed by atoms with Crippen LogP contribution in [0.4, 0.5) is 0 Å². The quantitative estimate of drug-likeness (QED) is 0.793. The van der Waals surface area contributed by atoms with Crippen molar-refractivity contribution in [3.63, 3.8) is 0 Å². The topological polar surface area (TPSA) is 38.8 Å². The molecule has 1 aromatic carbocycles. The van der Waals surface area contributed by atoms with E-state index in [1.54, 1.807) is 26.2 Å². The van der Waals surface area contributed by atoms with Crippen LogP contribution in [-0.2, 0) is 0 Å². The minimum absolute atomic E-state index is 0.0281. The van der Waals surface area contributed by atoms with Gasteiger partial charge in [0.1, 0.15) is 5.60 Å². The fraction of sp³-hybridized carbons (Fsp3) is 0.562. The van der Waals surface area contributed by atoms with Crippen molar-refractivity contribution in [1.82, 2.24) is 4.90 Å². The zero-order chi connectivity index (χ0) is 14.8. The van der Waals surface area contributed by atoms with E-state index < -0.39 is 0 Å². The number of ether oxygens (including phenoxy) is 2. The molecule has 20 heavy (non-hydrogen) atoms. The average Bonchev–Trinajstić information content (AvgIpc) is 2.42. The summed E-state index contributed by atoms with van der Waals surface area (Å²) in [5, 5.41) is 0. The molecule has 110 valence electrons. The van der Waals surface area contributed by atoms with Gasteiger partial charge in [-0.25, -0.2) is 0 Å². The number of likely N-dealkylation sites (tertiary alicyclic amines) is 1. The lowest BCUT2D eigenvalue weighted by atomic mass is 9.93. The first-order valence-corrected chi connectivity index (χ1v) is 7.00. The maximum Gasteiger partial charge on any atom is 0.162 e. The molecule has 0 saturated carbocycles. The van der Waals surface area contributed by atoms with Crippen LogP contribution in [-0.4, -0.2) is 43.5 Å². The Bertz CT molecular complexity index is 490. The molecule has 1 aliphatic rings. The average molecular weight is 277 g/mol. The van der Waals surface area contributed by atoms with Crippen molar-refractivity contribution in [3.05, 3.63) is 23.8 Å². The highest BCUT2D eigenvalue weighted by Gasteiger charge is 2.31. The molecule has 0 atom stereocenters. The normalized spacial score (nSPS) is 18.6. The Morgan fingerprint density at radius 3 is 2.45 bits per heavy atom. The van der Waals surface area contributed by atoms with E-state index in [0.717, 1.165) is 25.9 Å². The van der Waals surface area contributed by atoms with Crippen molar-refractivity contribution in [2.75, 3.05) is 27.2 Å². The molecule has 1 heterocycles. The Kier molecular flexibility index (Phi) is 4.33. The monoisotopic (exact) mass is 277 g/mol. The molecule has 4 heteroatoms. The van der Waals surface area contributed by atoms with Crippen molar-refractivity contribution >= 4 is 5.78 Å². The third kappa shape index (κ3) is 3.31. The van der Waals surface area contributed by atoms with Gasteiger partial charge in [-0.15, -0.1) is 0 Å². The number of Topliss-reactive ketones (excluding diaryl/α,β-unsaturated/α-hetero) is 1. The molecule has 0 aliphatic carbocycles. The predicted molar refractivity (Wildman–Crippen MR) is 78.8 cm³/mol. The number of benzene rings is 1. The summed E-state index contributed by atoms with van der Waals surface area (Å²) in [6, 6.07) is 5.37. The van der Waals surface area contributed by atoms with Gasteiger partial charge < -0.3 is 14.4 Å². The lowest BCUT2D eigenvalue weighted by molar-refractivity contribution is 0.0220. The van der Waals surface area contributed by atoms with Crippen molar-refractivity contribution in [1.29, 1.82) is 0 Å². The summed E-state index contributed by atoms with van der Waals surface area (Å²) >= 11 is 0. The zero-order valence-electron chi connectivity index (χ0n) is 12.7. The number of hydrogen-bond donors (Lipinski definition) is 0. The van der Waals surface area contributed by atoms with Crippen LogP contribution >= 0.6 is 0 Å². The molecule has 0 spiro atoms. The van der Waals surface area contributed by atoms with Crippen LogP contribution in [0.2, 0.25) is 0 Å². The Labute approximate surface area is 120 Å². The summed E-state index contributed by atoms with van der Waals surface area (Å²) in [6.07, 6.45) is 1.97. The van der Waals surface area contributed by atoms with Gasteiger partial charge in [0.15, 0.2) is 17.3 Å². The number of carbonyl (C=O) groups is 1. The fourth-order valence-electron chi connectivity index (χ4n) is 2.43. The van der Waals surface area contributed by atoms with E-state index in [1.807, 2.05) is 6.07 Å². The van der Waals surface area contributed by atoms with Crippen LogP contribution in [0.15, 0.2) is 18.2 Å². The number of nitrogens with zero attached hydrogens (tertiary/aromatic N) is 1. The van der Waals surface area contributed by atoms with Crippen molar-refractivity contribution < 1.29 is 14.3 Å². The van der Waals surface area contributed by atoms with Crippen molar-refractivity contribution in [2.45, 2.75) is 32.3 Å². The van der Waals surface area contributed by atoms with Gasteiger partial charge >= 0.3 is 0 Å². The summed E-state index contributed by atoms with van der Waals surface area (Å²) in [6.45, 7) is 5.75. The minimum Gasteiger partial charge on any atom is -0.493 e. The van der Waals surface area contributed by atoms with E-state index >= 15 is 0 Å². The Morgan fingerprint density at radius 2 is 1.90 bits per heavy atom. The van der Waals surface area contributed by atoms with Crippen LogP contribution in [0.3, 0.4) is 0 Å². The first kappa shape index (κ1) is 14.9. The number of hydrogen-bond acceptors (Lipinski definition) is 4. The second-order valence-corrected chi connectivity index (χ2v) is 5.78. The van der Waals surface area contributed by atoms with Crippen LogP contribution in [0, 0.1) is 0 Å². The van der Waals surface area contributed by atoms with Gasteiger partial charge in [0.05, 0.1) is 7.11 Å². The third-order valence-corrected chi connectivity index (χ3v) is 3.97. The van der Waals surface area contributed by atoms with Gasteiger partial charge in [0, 0.05) is 18.7 Å². The second-order valence-electron chi connectivity index (χ2n) is 5.78. The molecular weight excluding hydrogens is 254 g/mol. The molecule has 0 N–H and O–H groups in total. The summed E-state index contributed by atoms with van der Waals surface area (Å²) < 4.78 is 11.5. The molecule has 0 unspecified atom stereocenters. The molecule has 1 saturated heterocycles. The smallest absolute Gasteiger partial charge is 0.162 e. The number of piperidine rings is 1. The first-order valence-electron chi connectivity index (χ1n) is 7.00. The lowest BCUT2D eigenvalue weighted by Crippen LogP contribution is -2.44. The minimum atomic E-state index is -0.169. The molecule has 1 aliphatic heterocycles. The molecule has 0 radical (unpaired) electrons. The standard InChI is InChI=1S/C16H23NO3/c1-12(18)13-5-6-14(15(11-13)19-4)20-16(2)7-9-17(3)10-8-16/h5-6,11H,7-10H2,1-4H3. The maximum absolute atomic E-state index is 11.4. The first-order chi connectivity index (χ1) is 9.43. The summed E-state index contributed by atoms with van der Waals surface area (Å²) in [5.74, 6) is 1.36. The molecule has 0 bridgehead atoms. The second kappa shape index (κ2) is 5.83. The fourth-order valence-corrected chi connectivity index (χ4v) is 2.43. The van der Waals surface area contributed by atoms with E-state index in [-0.39, 0.29) is 11.4 Å². The third-order valence-electron chi connectivity index (χ3n) is 3.97. The maximum atomic E-state index is 11.4. The SMILES string of the molecule is COc1cc(C(C)=O)ccc1OC1(C)CCN(C)CC1. The summed E-state index contributed by atoms with van der Waals surface area (Å²) in [5.41, 5.74) is 0.472. The van der Waals surface area contributed by atoms with E-state index in [4.69, 9.17) is 9.47 Å². The van der Waals surface area contributed by atoms with Crippen LogP contribution in [0.1, 0.15) is 37.0 Å². The Hall–Kier alpha value is -1.55. The molecule has 0 amide bonds. The largest absolute Gasteiger partial charge is 0.493 e. The highest BCUT2D eigenvalue weighted by atomic mass is 16.5. The van der Waals surface area contributed by atoms with Gasteiger partial charge in [-0.3, -0.25) is 4.79 Å². The van der Waals surface area contributed by atoms with Crippen molar-refractivity contribution in [2.24, 2.45) is 0 Å². The summed E-state index contributed by atoms with van der Waals surface area (Å²) in [4.78, 5) is 13.7. The molecule has 0 aromatic heterocycles. The number of carbonyl (C=O) groups excluding carboxylic acids is 1. The lowest BCUT2D eigenvalue weighted by Gasteiger charge is -2.38. The highest BCUT2D eigenvalue weighted by molar-refractivity contribution is 5.94. The van der Waals surface area contributed by atoms with Crippen LogP contribution in [0.25, 0.3) is 0 Å². The van der Waals surface area contributed by atoms with Crippen LogP contribution < -0.4 is 9.47 Å². The van der Waals surface area contributed by atoms with E-state index in [1.165, 1.54) is 0 Å². The van der Waals surface area contributed by atoms with Gasteiger partial charge in [0.2, 0.25) is 0 Å². The van der Waals surface area contributed by atoms with Gasteiger partial charge in [-0.1, -0.05) is 0 Å². The Morgan fingerprint density at radius 1 is 1.25 bits per heavy atom. The summed E-state index contributed by atoms with van der Waals surface area (Å²) in [7, 11) is 3.73. The van der Waals surface area contributed by atoms with Gasteiger partial charge in [-0.05, 0) is 51.9 Å². The molecule has 2 rings (SSSR count). The van der Waals surface area contributed by atoms with Crippen LogP contribution in [0.5, 0.6) is 11.5 Å². The number of methoxy groups -OCH3 is 1.